The van der Waals surface area contributed by atoms with E-state index in [0.29, 0.717) is 11.5 Å². The minimum absolute atomic E-state index is 0.0151. The number of imide groups is 1. The van der Waals surface area contributed by atoms with Gasteiger partial charge in [0.2, 0.25) is 11.8 Å². The molecule has 0 aromatic heterocycles. The van der Waals surface area contributed by atoms with E-state index in [2.05, 4.69) is 5.32 Å². The zero-order valence-corrected chi connectivity index (χ0v) is 20.8. The number of hydrogen-bond donors (Lipinski definition) is 2. The Labute approximate surface area is 216 Å². The molecule has 2 heterocycles. The average molecular weight is 534 g/mol. The van der Waals surface area contributed by atoms with Crippen molar-refractivity contribution < 1.29 is 29.2 Å². The number of likely N-dealkylation sites (tertiary alicyclic amines) is 1. The van der Waals surface area contributed by atoms with Crippen LogP contribution in [0.5, 0.6) is 5.75 Å². The first kappa shape index (κ1) is 25.9. The van der Waals surface area contributed by atoms with Gasteiger partial charge in [0.15, 0.2) is 0 Å². The van der Waals surface area contributed by atoms with Gasteiger partial charge in [0, 0.05) is 16.7 Å². The highest BCUT2D eigenvalue weighted by Gasteiger charge is 2.68. The third-order valence-corrected chi connectivity index (χ3v) is 7.52. The van der Waals surface area contributed by atoms with Crippen LogP contribution in [0.2, 0.25) is 5.02 Å². The molecule has 0 bridgehead atoms. The Morgan fingerprint density at radius 2 is 1.97 bits per heavy atom. The Bertz CT molecular complexity index is 1200. The summed E-state index contributed by atoms with van der Waals surface area (Å²) in [7, 11) is 0. The first-order chi connectivity index (χ1) is 17.2. The van der Waals surface area contributed by atoms with E-state index in [1.54, 1.807) is 30.5 Å². The number of carbonyl (C=O) groups excluding carboxylic acids is 2. The molecular formula is C24H24ClN3O7S. The smallest absolute Gasteiger partial charge is 0.324 e. The fourth-order valence-electron chi connectivity index (χ4n) is 5.06. The number of nitro benzene ring substituents is 1. The highest BCUT2D eigenvalue weighted by atomic mass is 35.5. The Balaban J connectivity index is 1.72. The number of benzene rings is 2. The van der Waals surface area contributed by atoms with Gasteiger partial charge in [-0.3, -0.25) is 34.7 Å². The largest absolute Gasteiger partial charge is 0.492 e. The fraction of sp³-hybridized carbons (Fsp3) is 0.375. The molecule has 0 saturated carbocycles. The van der Waals surface area contributed by atoms with Crippen molar-refractivity contribution >= 4 is 46.8 Å². The average Bonchev–Trinajstić information content (AvgIpc) is 3.33. The van der Waals surface area contributed by atoms with Crippen LogP contribution < -0.4 is 10.1 Å². The summed E-state index contributed by atoms with van der Waals surface area (Å²) in [6.45, 7) is -0.0661. The molecule has 2 aliphatic heterocycles. The van der Waals surface area contributed by atoms with Gasteiger partial charge < -0.3 is 9.84 Å². The van der Waals surface area contributed by atoms with E-state index < -0.39 is 46.1 Å². The number of amides is 2. The molecule has 2 amide bonds. The first-order valence-corrected chi connectivity index (χ1v) is 13.0. The van der Waals surface area contributed by atoms with Gasteiger partial charge in [0.25, 0.3) is 5.69 Å². The quantitative estimate of drug-likeness (QED) is 0.268. The van der Waals surface area contributed by atoms with Crippen molar-refractivity contribution in [2.75, 3.05) is 25.2 Å². The molecule has 10 nitrogen and oxygen atoms in total. The minimum atomic E-state index is -1.78. The Kier molecular flexibility index (Phi) is 7.53. The molecule has 2 N–H and O–H groups in total. The van der Waals surface area contributed by atoms with Gasteiger partial charge in [-0.15, -0.1) is 0 Å². The van der Waals surface area contributed by atoms with Gasteiger partial charge in [0.1, 0.15) is 17.9 Å². The van der Waals surface area contributed by atoms with Gasteiger partial charge in [0.05, 0.1) is 29.3 Å². The molecule has 190 valence electrons. The van der Waals surface area contributed by atoms with Crippen molar-refractivity contribution in [3.8, 4) is 5.75 Å². The van der Waals surface area contributed by atoms with E-state index >= 15 is 0 Å². The fourth-order valence-corrected chi connectivity index (χ4v) is 5.76. The molecular weight excluding hydrogens is 510 g/mol. The summed E-state index contributed by atoms with van der Waals surface area (Å²) in [5.74, 6) is -3.95. The Hall–Kier alpha value is -3.15. The number of ether oxygens (including phenoxy) is 1. The van der Waals surface area contributed by atoms with Crippen molar-refractivity contribution in [3.63, 3.8) is 0 Å². The van der Waals surface area contributed by atoms with Gasteiger partial charge in [-0.1, -0.05) is 29.8 Å². The lowest BCUT2D eigenvalue weighted by molar-refractivity contribution is -0.385. The van der Waals surface area contributed by atoms with E-state index in [4.69, 9.17) is 16.3 Å². The number of carboxylic acids is 1. The van der Waals surface area contributed by atoms with Crippen LogP contribution in [0.25, 0.3) is 0 Å². The monoisotopic (exact) mass is 533 g/mol. The summed E-state index contributed by atoms with van der Waals surface area (Å²) in [5, 5.41) is 25.2. The second-order valence-corrected chi connectivity index (χ2v) is 10.0. The van der Waals surface area contributed by atoms with Crippen LogP contribution in [0.1, 0.15) is 18.0 Å². The van der Waals surface area contributed by atoms with Crippen LogP contribution in [0.3, 0.4) is 0 Å². The van der Waals surface area contributed by atoms with Gasteiger partial charge in [-0.2, -0.15) is 11.8 Å². The van der Waals surface area contributed by atoms with Crippen molar-refractivity contribution in [1.82, 2.24) is 10.2 Å². The topological polar surface area (TPSA) is 139 Å². The van der Waals surface area contributed by atoms with Gasteiger partial charge in [-0.05, 0) is 42.7 Å². The first-order valence-electron chi connectivity index (χ1n) is 11.2. The van der Waals surface area contributed by atoms with Crippen LogP contribution in [-0.4, -0.2) is 63.4 Å². The van der Waals surface area contributed by atoms with Crippen LogP contribution in [0, 0.1) is 22.0 Å². The maximum Gasteiger partial charge on any atom is 0.324 e. The number of nitro groups is 1. The predicted molar refractivity (Wildman–Crippen MR) is 133 cm³/mol. The highest BCUT2D eigenvalue weighted by molar-refractivity contribution is 7.98. The number of halogens is 1. The minimum Gasteiger partial charge on any atom is -0.492 e. The molecule has 0 spiro atoms. The number of thioether (sulfide) groups is 1. The molecule has 0 radical (unpaired) electrons. The maximum atomic E-state index is 13.6. The van der Waals surface area contributed by atoms with E-state index in [0.717, 1.165) is 4.90 Å². The summed E-state index contributed by atoms with van der Waals surface area (Å²) >= 11 is 7.53. The molecule has 0 aliphatic carbocycles. The van der Waals surface area contributed by atoms with E-state index in [1.807, 2.05) is 6.07 Å². The summed E-state index contributed by atoms with van der Waals surface area (Å²) in [6.07, 6.45) is 1.85. The van der Waals surface area contributed by atoms with Crippen molar-refractivity contribution in [1.29, 1.82) is 0 Å². The summed E-state index contributed by atoms with van der Waals surface area (Å²) in [5.41, 5.74) is -2.03. The number of rotatable bonds is 10. The number of aliphatic carboxylic acids is 1. The van der Waals surface area contributed by atoms with Gasteiger partial charge >= 0.3 is 5.97 Å². The number of fused-ring (bicyclic) bond motifs is 1. The van der Waals surface area contributed by atoms with Crippen molar-refractivity contribution in [2.45, 2.75) is 18.0 Å². The molecule has 2 fully saturated rings. The number of nitrogens with zero attached hydrogens (tertiary/aromatic N) is 2. The molecule has 36 heavy (non-hydrogen) atoms. The Morgan fingerprint density at radius 1 is 1.25 bits per heavy atom. The molecule has 4 unspecified atom stereocenters. The van der Waals surface area contributed by atoms with Crippen LogP contribution >= 0.6 is 23.4 Å². The number of carbonyl (C=O) groups is 3. The van der Waals surface area contributed by atoms with Gasteiger partial charge in [-0.25, -0.2) is 0 Å². The second kappa shape index (κ2) is 10.5. The van der Waals surface area contributed by atoms with Crippen molar-refractivity contribution in [2.24, 2.45) is 11.8 Å². The molecule has 2 aromatic rings. The summed E-state index contributed by atoms with van der Waals surface area (Å²) in [4.78, 5) is 52.0. The second-order valence-electron chi connectivity index (χ2n) is 8.59. The number of nitrogens with one attached hydrogen (secondary N) is 1. The zero-order chi connectivity index (χ0) is 26.0. The lowest BCUT2D eigenvalue weighted by Gasteiger charge is -2.31. The third-order valence-electron chi connectivity index (χ3n) is 6.68. The molecule has 4 rings (SSSR count). The SMILES string of the molecule is CSCCC1(C(=O)O)NC(c2cc(Cl)ccc2[N+](=O)[O-])C2C(=O)N(CCOc3ccccc3)C(=O)C21. The maximum absolute atomic E-state index is 13.6. The molecule has 2 aliphatic rings. The lowest BCUT2D eigenvalue weighted by atomic mass is 9.78. The lowest BCUT2D eigenvalue weighted by Crippen LogP contribution is -2.56. The van der Waals surface area contributed by atoms with E-state index in [1.165, 1.54) is 30.0 Å². The predicted octanol–water partition coefficient (Wildman–Crippen LogP) is 3.15. The van der Waals surface area contributed by atoms with Crippen LogP contribution in [0.15, 0.2) is 48.5 Å². The summed E-state index contributed by atoms with van der Waals surface area (Å²) in [6, 6.07) is 11.7. The third kappa shape index (κ3) is 4.54. The van der Waals surface area contributed by atoms with E-state index in [9.17, 15) is 29.6 Å². The number of hydrogen-bond acceptors (Lipinski definition) is 8. The standard InChI is InChI=1S/C24H24ClN3O7S/c1-36-12-9-24(23(31)32)19-18(20(26-24)16-13-14(25)7-8-17(16)28(33)34)21(29)27(22(19)30)10-11-35-15-5-3-2-4-6-15/h2-8,13,18-20,26H,9-12H2,1H3,(H,31,32). The normalized spacial score (nSPS) is 25.2. The number of carboxylic acid groups (broad SMARTS) is 1. The van der Waals surface area contributed by atoms with Crippen LogP contribution in [-0.2, 0) is 14.4 Å². The Morgan fingerprint density at radius 3 is 2.61 bits per heavy atom. The zero-order valence-electron chi connectivity index (χ0n) is 19.3. The van der Waals surface area contributed by atoms with Crippen molar-refractivity contribution in [3.05, 3.63) is 69.2 Å². The highest BCUT2D eigenvalue weighted by Crippen LogP contribution is 2.51. The molecule has 2 saturated heterocycles. The molecule has 4 atom stereocenters. The molecule has 12 heteroatoms. The van der Waals surface area contributed by atoms with Crippen LogP contribution in [0.4, 0.5) is 5.69 Å². The number of para-hydroxylation sites is 1. The van der Waals surface area contributed by atoms with E-state index in [-0.39, 0.29) is 35.8 Å². The summed E-state index contributed by atoms with van der Waals surface area (Å²) < 4.78 is 5.64. The molecule has 2 aromatic carbocycles.